The van der Waals surface area contributed by atoms with Crippen molar-refractivity contribution in [3.63, 3.8) is 0 Å². The summed E-state index contributed by atoms with van der Waals surface area (Å²) < 4.78 is 7.80. The molecule has 2 heterocycles. The number of ether oxygens (including phenoxy) is 1. The minimum absolute atomic E-state index is 0.0752. The second-order valence-corrected chi connectivity index (χ2v) is 6.94. The molecule has 1 aliphatic carbocycles. The molecule has 0 aromatic carbocycles. The van der Waals surface area contributed by atoms with E-state index in [1.165, 1.54) is 32.1 Å². The number of aromatic nitrogens is 2. The molecule has 1 aliphatic heterocycles. The Hall–Kier alpha value is -1.56. The van der Waals surface area contributed by atoms with E-state index in [-0.39, 0.29) is 18.2 Å². The summed E-state index contributed by atoms with van der Waals surface area (Å²) in [6.45, 7) is 5.46. The molecule has 1 N–H and O–H groups in total. The molecule has 6 nitrogen and oxygen atoms in total. The first-order valence-corrected chi connectivity index (χ1v) is 8.88. The van der Waals surface area contributed by atoms with Crippen LogP contribution in [0.5, 0.6) is 0 Å². The van der Waals surface area contributed by atoms with Crippen LogP contribution in [0.1, 0.15) is 58.4 Å². The van der Waals surface area contributed by atoms with Gasteiger partial charge in [0, 0.05) is 25.4 Å². The maximum absolute atomic E-state index is 12.3. The number of likely N-dealkylation sites (tertiary alicyclic amines) is 1. The second-order valence-electron chi connectivity index (χ2n) is 6.94. The minimum Gasteiger partial charge on any atom is -0.374 e. The number of hydrogen-bond donors (Lipinski definition) is 1. The Morgan fingerprint density at radius 1 is 1.30 bits per heavy atom. The second kappa shape index (κ2) is 7.34. The normalized spacial score (nSPS) is 22.7. The zero-order valence-corrected chi connectivity index (χ0v) is 14.2. The fourth-order valence-electron chi connectivity index (χ4n) is 3.55. The van der Waals surface area contributed by atoms with E-state index in [2.05, 4.69) is 10.4 Å². The minimum atomic E-state index is -0.0752. The maximum Gasteiger partial charge on any atom is 0.323 e. The molecular formula is C17H28N4O2. The third-order valence-corrected chi connectivity index (χ3v) is 4.69. The molecule has 0 radical (unpaired) electrons. The predicted octanol–water partition coefficient (Wildman–Crippen LogP) is 3.42. The first-order chi connectivity index (χ1) is 11.1. The molecule has 0 unspecified atom stereocenters. The lowest BCUT2D eigenvalue weighted by molar-refractivity contribution is 0.0160. The summed E-state index contributed by atoms with van der Waals surface area (Å²) >= 11 is 0. The molecule has 2 aliphatic rings. The number of nitrogens with one attached hydrogen (secondary N) is 1. The van der Waals surface area contributed by atoms with Crippen molar-refractivity contribution in [2.45, 2.75) is 70.6 Å². The van der Waals surface area contributed by atoms with Crippen molar-refractivity contribution >= 4 is 11.8 Å². The van der Waals surface area contributed by atoms with E-state index in [0.717, 1.165) is 13.0 Å². The van der Waals surface area contributed by atoms with Crippen LogP contribution in [-0.4, -0.2) is 46.0 Å². The summed E-state index contributed by atoms with van der Waals surface area (Å²) in [5, 5.41) is 7.46. The lowest BCUT2D eigenvalue weighted by atomic mass is 9.96. The molecule has 1 saturated heterocycles. The third kappa shape index (κ3) is 4.25. The molecule has 6 heteroatoms. The number of urea groups is 1. The van der Waals surface area contributed by atoms with Gasteiger partial charge in [0.05, 0.1) is 18.2 Å². The smallest absolute Gasteiger partial charge is 0.323 e. The summed E-state index contributed by atoms with van der Waals surface area (Å²) in [7, 11) is 0. The summed E-state index contributed by atoms with van der Waals surface area (Å²) in [6.07, 6.45) is 9.51. The van der Waals surface area contributed by atoms with Crippen LogP contribution in [0.3, 0.4) is 0 Å². The van der Waals surface area contributed by atoms with Crippen LogP contribution in [0.4, 0.5) is 10.6 Å². The molecule has 1 aromatic heterocycles. The molecule has 23 heavy (non-hydrogen) atoms. The van der Waals surface area contributed by atoms with Crippen molar-refractivity contribution in [1.82, 2.24) is 14.7 Å². The standard InChI is InChI=1S/C17H28N4O2/c1-13(2)23-15-8-10-20(12-15)17(22)18-16-9-11-21(19-16)14-6-4-3-5-7-14/h9,11,13-15H,3-8,10,12H2,1-2H3,(H,18,19,22)/t15-/m1/s1. The number of carbonyl (C=O) groups excluding carboxylic acids is 1. The van der Waals surface area contributed by atoms with Gasteiger partial charge >= 0.3 is 6.03 Å². The van der Waals surface area contributed by atoms with Crippen LogP contribution in [0.2, 0.25) is 0 Å². The molecule has 2 fully saturated rings. The quantitative estimate of drug-likeness (QED) is 0.924. The third-order valence-electron chi connectivity index (χ3n) is 4.69. The highest BCUT2D eigenvalue weighted by Gasteiger charge is 2.27. The Kier molecular flexibility index (Phi) is 5.20. The van der Waals surface area contributed by atoms with Gasteiger partial charge in [-0.15, -0.1) is 0 Å². The Bertz CT molecular complexity index is 522. The highest BCUT2D eigenvalue weighted by atomic mass is 16.5. The largest absolute Gasteiger partial charge is 0.374 e. The van der Waals surface area contributed by atoms with Crippen LogP contribution < -0.4 is 5.32 Å². The van der Waals surface area contributed by atoms with E-state index in [0.29, 0.717) is 18.4 Å². The molecule has 1 aromatic rings. The predicted molar refractivity (Wildman–Crippen MR) is 89.6 cm³/mol. The number of anilines is 1. The summed E-state index contributed by atoms with van der Waals surface area (Å²) in [5.74, 6) is 0.647. The summed E-state index contributed by atoms with van der Waals surface area (Å²) in [6, 6.07) is 2.31. The fourth-order valence-corrected chi connectivity index (χ4v) is 3.55. The molecule has 1 saturated carbocycles. The van der Waals surface area contributed by atoms with Crippen molar-refractivity contribution in [3.8, 4) is 0 Å². The number of hydrogen-bond acceptors (Lipinski definition) is 3. The molecule has 2 amide bonds. The van der Waals surface area contributed by atoms with E-state index in [1.807, 2.05) is 35.7 Å². The van der Waals surface area contributed by atoms with Crippen LogP contribution in [0.25, 0.3) is 0 Å². The van der Waals surface area contributed by atoms with Gasteiger partial charge in [-0.05, 0) is 33.1 Å². The number of amides is 2. The molecule has 0 bridgehead atoms. The van der Waals surface area contributed by atoms with Gasteiger partial charge < -0.3 is 9.64 Å². The van der Waals surface area contributed by atoms with E-state index >= 15 is 0 Å². The Morgan fingerprint density at radius 3 is 2.83 bits per heavy atom. The first-order valence-electron chi connectivity index (χ1n) is 8.88. The van der Waals surface area contributed by atoms with Crippen molar-refractivity contribution in [1.29, 1.82) is 0 Å². The van der Waals surface area contributed by atoms with Gasteiger partial charge in [-0.25, -0.2) is 4.79 Å². The van der Waals surface area contributed by atoms with Crippen molar-refractivity contribution in [2.75, 3.05) is 18.4 Å². The Balaban J connectivity index is 1.51. The fraction of sp³-hybridized carbons (Fsp3) is 0.765. The summed E-state index contributed by atoms with van der Waals surface area (Å²) in [5.41, 5.74) is 0. The molecule has 0 spiro atoms. The van der Waals surface area contributed by atoms with Crippen LogP contribution >= 0.6 is 0 Å². The van der Waals surface area contributed by atoms with E-state index < -0.39 is 0 Å². The van der Waals surface area contributed by atoms with Gasteiger partial charge in [-0.3, -0.25) is 10.00 Å². The molecular weight excluding hydrogens is 292 g/mol. The van der Waals surface area contributed by atoms with Crippen molar-refractivity contribution < 1.29 is 9.53 Å². The average Bonchev–Trinajstić information content (AvgIpc) is 3.17. The number of nitrogens with zero attached hydrogens (tertiary/aromatic N) is 3. The SMILES string of the molecule is CC(C)O[C@@H]1CCN(C(=O)Nc2ccn(C3CCCCC3)n2)C1. The zero-order chi connectivity index (χ0) is 16.2. The van der Waals surface area contributed by atoms with Crippen LogP contribution in [0.15, 0.2) is 12.3 Å². The average molecular weight is 320 g/mol. The Morgan fingerprint density at radius 2 is 2.09 bits per heavy atom. The zero-order valence-electron chi connectivity index (χ0n) is 14.2. The van der Waals surface area contributed by atoms with Gasteiger partial charge in [0.15, 0.2) is 5.82 Å². The monoisotopic (exact) mass is 320 g/mol. The Labute approximate surface area is 138 Å². The summed E-state index contributed by atoms with van der Waals surface area (Å²) in [4.78, 5) is 14.2. The first kappa shape index (κ1) is 16.3. The maximum atomic E-state index is 12.3. The number of carbonyl (C=O) groups is 1. The molecule has 128 valence electrons. The topological polar surface area (TPSA) is 59.4 Å². The number of rotatable bonds is 4. The molecule has 1 atom stereocenters. The van der Waals surface area contributed by atoms with Crippen LogP contribution in [0, 0.1) is 0 Å². The lowest BCUT2D eigenvalue weighted by Crippen LogP contribution is -2.34. The van der Waals surface area contributed by atoms with E-state index in [4.69, 9.17) is 4.74 Å². The molecule has 3 rings (SSSR count). The van der Waals surface area contributed by atoms with Crippen molar-refractivity contribution in [3.05, 3.63) is 12.3 Å². The van der Waals surface area contributed by atoms with Gasteiger partial charge in [0.1, 0.15) is 0 Å². The highest BCUT2D eigenvalue weighted by Crippen LogP contribution is 2.28. The van der Waals surface area contributed by atoms with E-state index in [9.17, 15) is 4.79 Å². The van der Waals surface area contributed by atoms with Crippen LogP contribution in [-0.2, 0) is 4.74 Å². The lowest BCUT2D eigenvalue weighted by Gasteiger charge is -2.21. The van der Waals surface area contributed by atoms with E-state index in [1.54, 1.807) is 0 Å². The van der Waals surface area contributed by atoms with Gasteiger partial charge in [-0.1, -0.05) is 19.3 Å². The van der Waals surface area contributed by atoms with Gasteiger partial charge in [0.2, 0.25) is 0 Å². The van der Waals surface area contributed by atoms with Gasteiger partial charge in [0.25, 0.3) is 0 Å². The highest BCUT2D eigenvalue weighted by molar-refractivity contribution is 5.88. The van der Waals surface area contributed by atoms with Crippen molar-refractivity contribution in [2.24, 2.45) is 0 Å². The van der Waals surface area contributed by atoms with Gasteiger partial charge in [-0.2, -0.15) is 5.10 Å².